The van der Waals surface area contributed by atoms with E-state index >= 15 is 0 Å². The summed E-state index contributed by atoms with van der Waals surface area (Å²) >= 11 is 0. The van der Waals surface area contributed by atoms with Gasteiger partial charge in [-0.3, -0.25) is 0 Å². The molecule has 0 aliphatic rings. The number of aromatic hydroxyl groups is 1. The molecular formula is C25H35N3O. The molecule has 4 nitrogen and oxygen atoms in total. The molecule has 0 spiro atoms. The number of para-hydroxylation sites is 2. The number of aryl methyl sites for hydroxylation is 1. The largest absolute Gasteiger partial charge is 0.505 e. The summed E-state index contributed by atoms with van der Waals surface area (Å²) in [6.45, 7) is 6.65. The molecule has 1 atom stereocenters. The van der Waals surface area contributed by atoms with E-state index < -0.39 is 0 Å². The van der Waals surface area contributed by atoms with Crippen molar-refractivity contribution in [2.75, 3.05) is 0 Å². The van der Waals surface area contributed by atoms with Crippen LogP contribution in [0.3, 0.4) is 0 Å². The van der Waals surface area contributed by atoms with Gasteiger partial charge in [-0.15, -0.1) is 14.1 Å². The number of nitrogens with zero attached hydrogens (tertiary/aromatic N) is 3. The van der Waals surface area contributed by atoms with E-state index in [-0.39, 0.29) is 0 Å². The molecule has 4 rings (SSSR count). The van der Waals surface area contributed by atoms with E-state index in [2.05, 4.69) is 71.2 Å². The van der Waals surface area contributed by atoms with Gasteiger partial charge in [0.1, 0.15) is 22.5 Å². The lowest BCUT2D eigenvalue weighted by molar-refractivity contribution is 0.453. The van der Waals surface area contributed by atoms with Crippen LogP contribution in [-0.2, 0) is 0 Å². The first-order valence-corrected chi connectivity index (χ1v) is 11.5. The molecule has 2 aromatic carbocycles. The second-order valence-corrected chi connectivity index (χ2v) is 8.74. The van der Waals surface area contributed by atoms with Gasteiger partial charge in [-0.25, -0.2) is 0 Å². The Morgan fingerprint density at radius 2 is 1.45 bits per heavy atom. The number of fused-ring (bicyclic) bond motifs is 4. The molecule has 4 heteroatoms. The average molecular weight is 394 g/mol. The first-order chi connectivity index (χ1) is 14.1. The van der Waals surface area contributed by atoms with Crippen molar-refractivity contribution in [1.82, 2.24) is 14.1 Å². The number of benzene rings is 2. The van der Waals surface area contributed by atoms with Crippen LogP contribution in [0.15, 0.2) is 36.4 Å². The maximum atomic E-state index is 11.1. The minimum absolute atomic E-state index is 0.374. The van der Waals surface area contributed by atoms with Gasteiger partial charge in [0.15, 0.2) is 0 Å². The fourth-order valence-electron chi connectivity index (χ4n) is 4.55. The highest BCUT2D eigenvalue weighted by atomic mass is 16.3. The number of rotatable bonds is 11. The summed E-state index contributed by atoms with van der Waals surface area (Å²) in [6, 6.07) is 12.6. The molecule has 0 aliphatic carbocycles. The van der Waals surface area contributed by atoms with E-state index in [0.717, 1.165) is 17.7 Å². The molecule has 0 fully saturated rings. The van der Waals surface area contributed by atoms with Crippen LogP contribution in [0.4, 0.5) is 0 Å². The zero-order valence-corrected chi connectivity index (χ0v) is 18.2. The maximum Gasteiger partial charge on any atom is 0.146 e. The SMILES string of the molecule is CCCCCCCCCCC(C)c1cc(C)cc(-n2n3c4ccccc4n23)c1O. The van der Waals surface area contributed by atoms with Crippen LogP contribution in [0.5, 0.6) is 5.75 Å². The number of hydrogen-bond acceptors (Lipinski definition) is 1. The van der Waals surface area contributed by atoms with Crippen molar-refractivity contribution in [2.24, 2.45) is 0 Å². The van der Waals surface area contributed by atoms with Crippen molar-refractivity contribution in [3.05, 3.63) is 47.5 Å². The Labute approximate surface area is 174 Å². The minimum atomic E-state index is 0.374. The third-order valence-electron chi connectivity index (χ3n) is 6.32. The van der Waals surface area contributed by atoms with Crippen LogP contribution in [0.2, 0.25) is 0 Å². The number of unbranched alkanes of at least 4 members (excludes halogenated alkanes) is 7. The molecule has 0 saturated carbocycles. The summed E-state index contributed by atoms with van der Waals surface area (Å²) in [7, 11) is 0. The van der Waals surface area contributed by atoms with Crippen molar-refractivity contribution in [2.45, 2.75) is 84.5 Å². The normalized spacial score (nSPS) is 13.2. The fourth-order valence-corrected chi connectivity index (χ4v) is 4.55. The van der Waals surface area contributed by atoms with Crippen molar-refractivity contribution < 1.29 is 5.11 Å². The van der Waals surface area contributed by atoms with E-state index in [4.69, 9.17) is 0 Å². The molecule has 1 unspecified atom stereocenters. The first-order valence-electron chi connectivity index (χ1n) is 11.5. The van der Waals surface area contributed by atoms with Crippen LogP contribution < -0.4 is 0 Å². The van der Waals surface area contributed by atoms with Gasteiger partial charge in [-0.1, -0.05) is 83.4 Å². The smallest absolute Gasteiger partial charge is 0.146 e. The highest BCUT2D eigenvalue weighted by Gasteiger charge is 2.27. The summed E-state index contributed by atoms with van der Waals surface area (Å²) in [5.74, 6) is 0.807. The maximum absolute atomic E-state index is 11.1. The molecule has 2 aromatic heterocycles. The number of aromatic nitrogens is 3. The lowest BCUT2D eigenvalue weighted by Gasteiger charge is -2.16. The van der Waals surface area contributed by atoms with Crippen LogP contribution in [0.1, 0.15) is 88.7 Å². The van der Waals surface area contributed by atoms with Crippen LogP contribution in [-0.4, -0.2) is 19.2 Å². The zero-order valence-electron chi connectivity index (χ0n) is 18.2. The predicted molar refractivity (Wildman–Crippen MR) is 121 cm³/mol. The summed E-state index contributed by atoms with van der Waals surface area (Å²) in [5.41, 5.74) is 5.57. The quantitative estimate of drug-likeness (QED) is 0.272. The third-order valence-corrected chi connectivity index (χ3v) is 6.32. The Hall–Kier alpha value is -2.36. The molecule has 0 aliphatic heterocycles. The fraction of sp³-hybridized carbons (Fsp3) is 0.520. The summed E-state index contributed by atoms with van der Waals surface area (Å²) < 4.78 is 4.22. The Morgan fingerprint density at radius 1 is 0.862 bits per heavy atom. The highest BCUT2D eigenvalue weighted by Crippen LogP contribution is 2.38. The number of hydrogen-bond donors (Lipinski definition) is 1. The average Bonchev–Trinajstić information content (AvgIpc) is 3.38. The summed E-state index contributed by atoms with van der Waals surface area (Å²) in [5, 5.41) is 11.1. The highest BCUT2D eigenvalue weighted by molar-refractivity contribution is 5.79. The predicted octanol–water partition coefficient (Wildman–Crippen LogP) is 7.07. The summed E-state index contributed by atoms with van der Waals surface area (Å²) in [4.78, 5) is 2.07. The van der Waals surface area contributed by atoms with Gasteiger partial charge in [0.05, 0.1) is 0 Å². The van der Waals surface area contributed by atoms with Gasteiger partial charge in [-0.2, -0.15) is 0 Å². The van der Waals surface area contributed by atoms with Gasteiger partial charge in [0.2, 0.25) is 0 Å². The number of phenolic OH excluding ortho intramolecular Hbond substituents is 1. The van der Waals surface area contributed by atoms with Gasteiger partial charge >= 0.3 is 0 Å². The van der Waals surface area contributed by atoms with Gasteiger partial charge in [0.25, 0.3) is 0 Å². The molecule has 0 bridgehead atoms. The molecule has 2 heterocycles. The molecule has 0 amide bonds. The lowest BCUT2D eigenvalue weighted by atomic mass is 9.92. The van der Waals surface area contributed by atoms with E-state index in [1.54, 1.807) is 0 Å². The molecular weight excluding hydrogens is 358 g/mol. The monoisotopic (exact) mass is 393 g/mol. The van der Waals surface area contributed by atoms with E-state index in [0.29, 0.717) is 11.7 Å². The molecule has 156 valence electrons. The Kier molecular flexibility index (Phi) is 5.89. The van der Waals surface area contributed by atoms with Gasteiger partial charge in [0, 0.05) is 0 Å². The first kappa shape index (κ1) is 19.9. The molecule has 0 saturated heterocycles. The topological polar surface area (TPSA) is 34.0 Å². The van der Waals surface area contributed by atoms with Crippen LogP contribution >= 0.6 is 0 Å². The van der Waals surface area contributed by atoms with Crippen molar-refractivity contribution in [3.63, 3.8) is 0 Å². The van der Waals surface area contributed by atoms with Crippen LogP contribution in [0, 0.1) is 6.92 Å². The standard InChI is InChI=1S/C25H35N3O/c1-4-5-6-7-8-9-10-11-14-20(3)21-17-19(2)18-24(25(21)29)28-26-22-15-12-13-16-23(22)27(26)28/h12-13,15-18,20,29H,4-11,14H2,1-3H3. The van der Waals surface area contributed by atoms with E-state index in [1.807, 2.05) is 0 Å². The lowest BCUT2D eigenvalue weighted by Crippen LogP contribution is -1.99. The summed E-state index contributed by atoms with van der Waals surface area (Å²) in [6.07, 6.45) is 11.9. The van der Waals surface area contributed by atoms with Crippen molar-refractivity contribution >= 4 is 11.0 Å². The van der Waals surface area contributed by atoms with Crippen molar-refractivity contribution in [3.8, 4) is 11.4 Å². The Morgan fingerprint density at radius 3 is 2.07 bits per heavy atom. The van der Waals surface area contributed by atoms with Crippen LogP contribution in [0.25, 0.3) is 16.7 Å². The third kappa shape index (κ3) is 3.90. The van der Waals surface area contributed by atoms with Gasteiger partial charge in [-0.05, 0) is 48.6 Å². The molecule has 1 N–H and O–H groups in total. The second kappa shape index (κ2) is 8.56. The van der Waals surface area contributed by atoms with Crippen molar-refractivity contribution in [1.29, 1.82) is 0 Å². The molecule has 4 aromatic rings. The Bertz CT molecular complexity index is 1010. The van der Waals surface area contributed by atoms with E-state index in [1.165, 1.54) is 68.0 Å². The molecule has 0 radical (unpaired) electrons. The molecule has 29 heavy (non-hydrogen) atoms. The number of phenols is 1. The van der Waals surface area contributed by atoms with E-state index in [9.17, 15) is 5.11 Å². The Balaban J connectivity index is 1.40. The zero-order chi connectivity index (χ0) is 20.4. The second-order valence-electron chi connectivity index (χ2n) is 8.74. The minimum Gasteiger partial charge on any atom is -0.505 e. The van der Waals surface area contributed by atoms with Gasteiger partial charge < -0.3 is 5.11 Å².